The third-order valence-corrected chi connectivity index (χ3v) is 5.94. The highest BCUT2D eigenvalue weighted by Gasteiger charge is 2.28. The van der Waals surface area contributed by atoms with E-state index in [0.29, 0.717) is 56.9 Å². The molecular formula is C16H25N3O4S. The van der Waals surface area contributed by atoms with Gasteiger partial charge in [-0.1, -0.05) is 13.0 Å². The van der Waals surface area contributed by atoms with E-state index in [1.807, 2.05) is 6.92 Å². The van der Waals surface area contributed by atoms with E-state index in [4.69, 9.17) is 4.74 Å². The lowest BCUT2D eigenvalue weighted by molar-refractivity contribution is 0.0730. The van der Waals surface area contributed by atoms with Gasteiger partial charge < -0.3 is 15.4 Å². The summed E-state index contributed by atoms with van der Waals surface area (Å²) in [7, 11) is -1.82. The van der Waals surface area contributed by atoms with Crippen LogP contribution in [0.5, 0.6) is 0 Å². The number of sulfonamides is 1. The minimum atomic E-state index is -3.62. The molecule has 134 valence electrons. The second-order valence-electron chi connectivity index (χ2n) is 5.55. The van der Waals surface area contributed by atoms with Gasteiger partial charge in [-0.25, -0.2) is 8.42 Å². The van der Waals surface area contributed by atoms with Crippen molar-refractivity contribution in [2.45, 2.75) is 18.2 Å². The quantitative estimate of drug-likeness (QED) is 0.683. The first-order valence-corrected chi connectivity index (χ1v) is 9.58. The van der Waals surface area contributed by atoms with E-state index in [2.05, 4.69) is 10.6 Å². The molecule has 1 saturated heterocycles. The van der Waals surface area contributed by atoms with Crippen LogP contribution in [-0.2, 0) is 21.2 Å². The Balaban J connectivity index is 2.30. The first-order valence-electron chi connectivity index (χ1n) is 8.14. The van der Waals surface area contributed by atoms with Gasteiger partial charge in [-0.15, -0.1) is 0 Å². The molecule has 0 bridgehead atoms. The van der Waals surface area contributed by atoms with Crippen LogP contribution in [0.2, 0.25) is 0 Å². The standard InChI is InChI=1S/C16H25N3O4S/c1-3-13-4-5-14(16(20)18-7-6-17-2)12-15(13)24(21,22)19-8-10-23-11-9-19/h4-5,12,17H,3,6-11H2,1-2H3,(H,18,20). The monoisotopic (exact) mass is 355 g/mol. The molecule has 1 aromatic carbocycles. The fraction of sp³-hybridized carbons (Fsp3) is 0.562. The zero-order valence-corrected chi connectivity index (χ0v) is 15.0. The van der Waals surface area contributed by atoms with Crippen LogP contribution >= 0.6 is 0 Å². The highest BCUT2D eigenvalue weighted by Crippen LogP contribution is 2.23. The van der Waals surface area contributed by atoms with Gasteiger partial charge >= 0.3 is 0 Å². The number of likely N-dealkylation sites (N-methyl/N-ethyl adjacent to an activating group) is 1. The molecule has 0 spiro atoms. The highest BCUT2D eigenvalue weighted by molar-refractivity contribution is 7.89. The third kappa shape index (κ3) is 4.32. The molecule has 0 atom stereocenters. The van der Waals surface area contributed by atoms with Crippen LogP contribution in [0.1, 0.15) is 22.8 Å². The molecule has 2 rings (SSSR count). The number of rotatable bonds is 7. The van der Waals surface area contributed by atoms with E-state index in [0.717, 1.165) is 0 Å². The molecule has 0 aromatic heterocycles. The van der Waals surface area contributed by atoms with Crippen molar-refractivity contribution in [3.05, 3.63) is 29.3 Å². The van der Waals surface area contributed by atoms with Crippen LogP contribution in [0.15, 0.2) is 23.1 Å². The molecule has 0 unspecified atom stereocenters. The number of hydrogen-bond acceptors (Lipinski definition) is 5. The van der Waals surface area contributed by atoms with Crippen LogP contribution in [-0.4, -0.2) is 65.1 Å². The number of aryl methyl sites for hydroxylation is 1. The maximum atomic E-state index is 12.9. The molecule has 0 saturated carbocycles. The largest absolute Gasteiger partial charge is 0.379 e. The Bertz CT molecular complexity index is 670. The van der Waals surface area contributed by atoms with Crippen molar-refractivity contribution in [3.63, 3.8) is 0 Å². The van der Waals surface area contributed by atoms with Crippen LogP contribution in [0.3, 0.4) is 0 Å². The van der Waals surface area contributed by atoms with Gasteiger partial charge in [0.15, 0.2) is 0 Å². The van der Waals surface area contributed by atoms with Gasteiger partial charge in [-0.3, -0.25) is 4.79 Å². The summed E-state index contributed by atoms with van der Waals surface area (Å²) in [5.74, 6) is -0.272. The second-order valence-corrected chi connectivity index (χ2v) is 7.46. The Morgan fingerprint density at radius 2 is 1.96 bits per heavy atom. The molecule has 0 radical (unpaired) electrons. The predicted octanol–water partition coefficient (Wildman–Crippen LogP) is 0.219. The number of carbonyl (C=O) groups excluding carboxylic acids is 1. The second kappa shape index (κ2) is 8.57. The summed E-state index contributed by atoms with van der Waals surface area (Å²) in [5.41, 5.74) is 1.07. The van der Waals surface area contributed by atoms with Gasteiger partial charge in [0.2, 0.25) is 10.0 Å². The SMILES string of the molecule is CCc1ccc(C(=O)NCCNC)cc1S(=O)(=O)N1CCOCC1. The first-order chi connectivity index (χ1) is 11.5. The number of morpholine rings is 1. The lowest BCUT2D eigenvalue weighted by atomic mass is 10.1. The van der Waals surface area contributed by atoms with Crippen LogP contribution in [0, 0.1) is 0 Å². The van der Waals surface area contributed by atoms with E-state index >= 15 is 0 Å². The normalized spacial score (nSPS) is 16.1. The van der Waals surface area contributed by atoms with Crippen LogP contribution in [0.25, 0.3) is 0 Å². The van der Waals surface area contributed by atoms with Gasteiger partial charge in [-0.05, 0) is 31.2 Å². The molecular weight excluding hydrogens is 330 g/mol. The maximum Gasteiger partial charge on any atom is 0.251 e. The first kappa shape index (κ1) is 18.9. The number of carbonyl (C=O) groups is 1. The molecule has 1 aliphatic heterocycles. The van der Waals surface area contributed by atoms with E-state index in [-0.39, 0.29) is 10.8 Å². The lowest BCUT2D eigenvalue weighted by Crippen LogP contribution is -2.41. The molecule has 24 heavy (non-hydrogen) atoms. The molecule has 1 amide bonds. The summed E-state index contributed by atoms with van der Waals surface area (Å²) >= 11 is 0. The van der Waals surface area contributed by atoms with Crippen molar-refractivity contribution in [3.8, 4) is 0 Å². The summed E-state index contributed by atoms with van der Waals surface area (Å²) in [6.07, 6.45) is 0.584. The zero-order chi connectivity index (χ0) is 17.6. The molecule has 8 heteroatoms. The maximum absolute atomic E-state index is 12.9. The van der Waals surface area contributed by atoms with Gasteiger partial charge in [0.05, 0.1) is 18.1 Å². The van der Waals surface area contributed by atoms with Crippen molar-refractivity contribution in [1.82, 2.24) is 14.9 Å². The molecule has 1 aliphatic rings. The number of hydrogen-bond donors (Lipinski definition) is 2. The zero-order valence-electron chi connectivity index (χ0n) is 14.2. The van der Waals surface area contributed by atoms with Gasteiger partial charge in [0.25, 0.3) is 5.91 Å². The summed E-state index contributed by atoms with van der Waals surface area (Å²) in [5, 5.41) is 5.71. The Morgan fingerprint density at radius 3 is 2.58 bits per heavy atom. The topological polar surface area (TPSA) is 87.7 Å². The van der Waals surface area contributed by atoms with Crippen LogP contribution < -0.4 is 10.6 Å². The summed E-state index contributed by atoms with van der Waals surface area (Å²) in [4.78, 5) is 12.4. The molecule has 1 heterocycles. The molecule has 1 fully saturated rings. The highest BCUT2D eigenvalue weighted by atomic mass is 32.2. The molecule has 7 nitrogen and oxygen atoms in total. The number of nitrogens with zero attached hydrogens (tertiary/aromatic N) is 1. The number of benzene rings is 1. The van der Waals surface area contributed by atoms with Gasteiger partial charge in [0, 0.05) is 31.7 Å². The lowest BCUT2D eigenvalue weighted by Gasteiger charge is -2.27. The average molecular weight is 355 g/mol. The number of ether oxygens (including phenoxy) is 1. The van der Waals surface area contributed by atoms with Crippen LogP contribution in [0.4, 0.5) is 0 Å². The van der Waals surface area contributed by atoms with Crippen molar-refractivity contribution < 1.29 is 17.9 Å². The minimum absolute atomic E-state index is 0.216. The Hall–Kier alpha value is -1.48. The fourth-order valence-corrected chi connectivity index (χ4v) is 4.28. The smallest absolute Gasteiger partial charge is 0.251 e. The van der Waals surface area contributed by atoms with Gasteiger partial charge in [0.1, 0.15) is 0 Å². The average Bonchev–Trinajstić information content (AvgIpc) is 2.62. The summed E-state index contributed by atoms with van der Waals surface area (Å²) in [6.45, 7) is 4.50. The van der Waals surface area contributed by atoms with Crippen molar-refractivity contribution in [1.29, 1.82) is 0 Å². The van der Waals surface area contributed by atoms with E-state index in [9.17, 15) is 13.2 Å². The third-order valence-electron chi connectivity index (χ3n) is 3.96. The Morgan fingerprint density at radius 1 is 1.25 bits per heavy atom. The van der Waals surface area contributed by atoms with E-state index in [1.165, 1.54) is 10.4 Å². The van der Waals surface area contributed by atoms with Gasteiger partial charge in [-0.2, -0.15) is 4.31 Å². The Labute approximate surface area is 143 Å². The number of amides is 1. The summed E-state index contributed by atoms with van der Waals surface area (Å²) in [6, 6.07) is 4.88. The number of nitrogens with one attached hydrogen (secondary N) is 2. The minimum Gasteiger partial charge on any atom is -0.379 e. The Kier molecular flexibility index (Phi) is 6.73. The molecule has 0 aliphatic carbocycles. The van der Waals surface area contributed by atoms with E-state index in [1.54, 1.807) is 19.2 Å². The fourth-order valence-electron chi connectivity index (χ4n) is 2.56. The molecule has 1 aromatic rings. The van der Waals surface area contributed by atoms with Crippen molar-refractivity contribution in [2.75, 3.05) is 46.4 Å². The van der Waals surface area contributed by atoms with E-state index < -0.39 is 10.0 Å². The predicted molar refractivity (Wildman–Crippen MR) is 91.7 cm³/mol. The van der Waals surface area contributed by atoms with Crippen molar-refractivity contribution >= 4 is 15.9 Å². The molecule has 2 N–H and O–H groups in total. The summed E-state index contributed by atoms with van der Waals surface area (Å²) < 4.78 is 32.5. The van der Waals surface area contributed by atoms with Crippen molar-refractivity contribution in [2.24, 2.45) is 0 Å².